The second kappa shape index (κ2) is 3.39. The van der Waals surface area contributed by atoms with Crippen molar-refractivity contribution in [2.45, 2.75) is 33.7 Å². The molecule has 1 aliphatic carbocycles. The fourth-order valence-electron chi connectivity index (χ4n) is 1.67. The zero-order valence-corrected chi connectivity index (χ0v) is 10.5. The Morgan fingerprint density at radius 1 is 1.36 bits per heavy atom. The average Bonchev–Trinajstić information content (AvgIpc) is 2.31. The van der Waals surface area contributed by atoms with Crippen LogP contribution >= 0.6 is 0 Å². The van der Waals surface area contributed by atoms with Crippen molar-refractivity contribution in [1.29, 1.82) is 0 Å². The molecule has 0 nitrogen and oxygen atoms in total. The molecule has 1 rings (SSSR count). The van der Waals surface area contributed by atoms with Gasteiger partial charge in [0.15, 0.2) is 0 Å². The minimum atomic E-state index is -1.69. The fourth-order valence-corrected chi connectivity index (χ4v) is 6.47. The fraction of sp³-hybridized carbons (Fsp3) is 0.600. The third-order valence-electron chi connectivity index (χ3n) is 2.31. The molecule has 0 aromatic heterocycles. The van der Waals surface area contributed by atoms with E-state index in [0.717, 1.165) is 0 Å². The van der Waals surface area contributed by atoms with Crippen LogP contribution in [-0.2, 0) is 20.3 Å². The van der Waals surface area contributed by atoms with Gasteiger partial charge in [-0.1, -0.05) is 0 Å². The van der Waals surface area contributed by atoms with Crippen LogP contribution in [0.5, 0.6) is 0 Å². The van der Waals surface area contributed by atoms with Gasteiger partial charge in [-0.15, -0.1) is 0 Å². The van der Waals surface area contributed by atoms with Crippen LogP contribution in [0.2, 0.25) is 13.9 Å². The van der Waals surface area contributed by atoms with Crippen LogP contribution in [0.25, 0.3) is 0 Å². The molecule has 0 atom stereocenters. The molecule has 0 heterocycles. The van der Waals surface area contributed by atoms with Gasteiger partial charge < -0.3 is 0 Å². The number of hydrogen-bond donors (Lipinski definition) is 0. The third-order valence-corrected chi connectivity index (χ3v) is 8.06. The van der Waals surface area contributed by atoms with Crippen LogP contribution in [0.4, 0.5) is 0 Å². The molecule has 0 aromatic rings. The Kier molecular flexibility index (Phi) is 2.92. The van der Waals surface area contributed by atoms with E-state index in [9.17, 15) is 0 Å². The van der Waals surface area contributed by atoms with Gasteiger partial charge in [-0.25, -0.2) is 0 Å². The Labute approximate surface area is 74.8 Å². The summed E-state index contributed by atoms with van der Waals surface area (Å²) in [6.07, 6.45) is 7.16. The van der Waals surface area contributed by atoms with Crippen molar-refractivity contribution >= 4 is 0 Å². The summed E-state index contributed by atoms with van der Waals surface area (Å²) in [4.78, 5) is 0. The van der Waals surface area contributed by atoms with Crippen molar-refractivity contribution in [1.82, 2.24) is 0 Å². The van der Waals surface area contributed by atoms with Crippen molar-refractivity contribution in [3.63, 3.8) is 0 Å². The summed E-state index contributed by atoms with van der Waals surface area (Å²) in [6, 6.07) is 0. The first kappa shape index (κ1) is 9.45. The van der Waals surface area contributed by atoms with Crippen LogP contribution < -0.4 is 0 Å². The molecule has 0 aliphatic heterocycles. The summed E-state index contributed by atoms with van der Waals surface area (Å²) in [7, 11) is 0. The van der Waals surface area contributed by atoms with Crippen LogP contribution in [0.15, 0.2) is 21.0 Å². The molecule has 0 unspecified atom stereocenters. The average molecular weight is 229 g/mol. The van der Waals surface area contributed by atoms with Gasteiger partial charge in [0, 0.05) is 0 Å². The molecular formula is C10H18Zr. The summed E-state index contributed by atoms with van der Waals surface area (Å²) in [5.41, 5.74) is 1.65. The minimum absolute atomic E-state index is 1.24. The Morgan fingerprint density at radius 3 is 2.36 bits per heavy atom. The predicted octanol–water partition coefficient (Wildman–Crippen LogP) is 3.91. The molecule has 1 heteroatoms. The zero-order chi connectivity index (χ0) is 8.48. The SMILES string of the molecule is CCC1=[C]([Zr]([CH3])([CH3])[CH3])CC=C1. The Bertz CT molecular complexity index is 203. The molecule has 0 radical (unpaired) electrons. The van der Waals surface area contributed by atoms with Crippen molar-refractivity contribution in [3.05, 3.63) is 21.0 Å². The molecule has 0 amide bonds. The molecule has 0 spiro atoms. The van der Waals surface area contributed by atoms with E-state index in [1.807, 2.05) is 3.28 Å². The van der Waals surface area contributed by atoms with E-state index in [-0.39, 0.29) is 0 Å². The number of allylic oxidation sites excluding steroid dienone is 4. The number of rotatable bonds is 2. The van der Waals surface area contributed by atoms with E-state index < -0.39 is 20.3 Å². The third kappa shape index (κ3) is 2.15. The predicted molar refractivity (Wildman–Crippen MR) is 48.7 cm³/mol. The summed E-state index contributed by atoms with van der Waals surface area (Å²) < 4.78 is 9.35. The molecule has 0 bridgehead atoms. The van der Waals surface area contributed by atoms with E-state index in [4.69, 9.17) is 0 Å². The Hall–Kier alpha value is 0.363. The van der Waals surface area contributed by atoms with Crippen LogP contribution in [-0.4, -0.2) is 0 Å². The molecule has 0 N–H and O–H groups in total. The Balaban J connectivity index is 2.88. The standard InChI is InChI=1S/C7H9.3CH3.Zr/c1-2-7-5-3-4-6-7;;;;/h3,5H,2,4H2,1H3;3*1H3;. The second-order valence-corrected chi connectivity index (χ2v) is 16.8. The van der Waals surface area contributed by atoms with Crippen LogP contribution in [0, 0.1) is 0 Å². The first-order chi connectivity index (χ1) is 5.05. The quantitative estimate of drug-likeness (QED) is 0.673. The first-order valence-corrected chi connectivity index (χ1v) is 13.0. The maximum absolute atomic E-state index is 2.51. The molecule has 11 heavy (non-hydrogen) atoms. The van der Waals surface area contributed by atoms with Gasteiger partial charge in [-0.3, -0.25) is 0 Å². The summed E-state index contributed by atoms with van der Waals surface area (Å²) in [5.74, 6) is 0. The van der Waals surface area contributed by atoms with E-state index in [2.05, 4.69) is 33.0 Å². The van der Waals surface area contributed by atoms with Crippen molar-refractivity contribution in [3.8, 4) is 0 Å². The summed E-state index contributed by atoms with van der Waals surface area (Å²) in [5, 5.41) is 0. The van der Waals surface area contributed by atoms with Gasteiger partial charge in [-0.2, -0.15) is 0 Å². The molecule has 0 fully saturated rings. The Morgan fingerprint density at radius 2 is 2.00 bits per heavy atom. The van der Waals surface area contributed by atoms with Gasteiger partial charge in [0.2, 0.25) is 0 Å². The summed E-state index contributed by atoms with van der Waals surface area (Å²) in [6.45, 7) is 2.27. The first-order valence-electron chi connectivity index (χ1n) is 4.44. The van der Waals surface area contributed by atoms with Gasteiger partial charge in [0.05, 0.1) is 0 Å². The normalized spacial score (nSPS) is 18.2. The second-order valence-electron chi connectivity index (χ2n) is 4.21. The number of hydrogen-bond acceptors (Lipinski definition) is 0. The van der Waals surface area contributed by atoms with Crippen molar-refractivity contribution < 1.29 is 20.3 Å². The zero-order valence-electron chi connectivity index (χ0n) is 8.07. The molecule has 1 aliphatic rings. The maximum atomic E-state index is 2.51. The van der Waals surface area contributed by atoms with Gasteiger partial charge in [0.25, 0.3) is 0 Å². The van der Waals surface area contributed by atoms with Gasteiger partial charge in [0.1, 0.15) is 0 Å². The van der Waals surface area contributed by atoms with Crippen molar-refractivity contribution in [2.75, 3.05) is 0 Å². The molecular weight excluding hydrogens is 211 g/mol. The van der Waals surface area contributed by atoms with Crippen LogP contribution in [0.3, 0.4) is 0 Å². The van der Waals surface area contributed by atoms with E-state index in [1.165, 1.54) is 12.8 Å². The monoisotopic (exact) mass is 228 g/mol. The van der Waals surface area contributed by atoms with Gasteiger partial charge >= 0.3 is 74.9 Å². The molecule has 0 saturated carbocycles. The topological polar surface area (TPSA) is 0 Å². The summed E-state index contributed by atoms with van der Waals surface area (Å²) >= 11 is -1.69. The van der Waals surface area contributed by atoms with E-state index in [1.54, 1.807) is 5.57 Å². The van der Waals surface area contributed by atoms with Crippen molar-refractivity contribution in [2.24, 2.45) is 0 Å². The molecule has 0 saturated heterocycles. The van der Waals surface area contributed by atoms with Gasteiger partial charge in [-0.05, 0) is 0 Å². The molecule has 62 valence electrons. The van der Waals surface area contributed by atoms with Crippen LogP contribution in [0.1, 0.15) is 19.8 Å². The van der Waals surface area contributed by atoms with E-state index >= 15 is 0 Å². The molecule has 0 aromatic carbocycles. The van der Waals surface area contributed by atoms with E-state index in [0.29, 0.717) is 0 Å².